The van der Waals surface area contributed by atoms with Gasteiger partial charge in [-0.2, -0.15) is 5.26 Å². The number of likely N-dealkylation sites (N-methyl/N-ethyl adjacent to an activating group) is 1. The van der Waals surface area contributed by atoms with Crippen LogP contribution in [-0.2, 0) is 4.79 Å². The quantitative estimate of drug-likeness (QED) is 0.867. The molecule has 0 aromatic heterocycles. The number of nitrogens with one attached hydrogen (secondary N) is 1. The van der Waals surface area contributed by atoms with Crippen LogP contribution in [0.4, 0.5) is 5.69 Å². The Bertz CT molecular complexity index is 505. The van der Waals surface area contributed by atoms with Gasteiger partial charge in [-0.1, -0.05) is 12.1 Å². The van der Waals surface area contributed by atoms with Gasteiger partial charge in [0.05, 0.1) is 18.5 Å². The third kappa shape index (κ3) is 4.27. The zero-order valence-corrected chi connectivity index (χ0v) is 12.7. The smallest absolute Gasteiger partial charge is 0.241 e. The lowest BCUT2D eigenvalue weighted by atomic mass is 10.1. The van der Waals surface area contributed by atoms with E-state index in [0.717, 1.165) is 11.3 Å². The van der Waals surface area contributed by atoms with Gasteiger partial charge in [0.25, 0.3) is 0 Å². The van der Waals surface area contributed by atoms with Crippen molar-refractivity contribution in [3.8, 4) is 6.07 Å². The summed E-state index contributed by atoms with van der Waals surface area (Å²) in [5, 5.41) is 12.0. The molecule has 1 N–H and O–H groups in total. The standard InChI is InChI=1S/C16H23N3O/c1-5-19(11-12(2)9-17)16(20)10-18-15-8-6-7-13(3)14(15)4/h6-8,12,18H,5,10-11H2,1-4H3/t12-/m0/s1. The van der Waals surface area contributed by atoms with Crippen LogP contribution in [-0.4, -0.2) is 30.4 Å². The summed E-state index contributed by atoms with van der Waals surface area (Å²) in [4.78, 5) is 13.9. The Morgan fingerprint density at radius 1 is 1.45 bits per heavy atom. The summed E-state index contributed by atoms with van der Waals surface area (Å²) < 4.78 is 0. The average Bonchev–Trinajstić information content (AvgIpc) is 2.45. The zero-order chi connectivity index (χ0) is 15.1. The van der Waals surface area contributed by atoms with Gasteiger partial charge in [0.1, 0.15) is 0 Å². The summed E-state index contributed by atoms with van der Waals surface area (Å²) in [7, 11) is 0. The van der Waals surface area contributed by atoms with Crippen LogP contribution in [0, 0.1) is 31.1 Å². The molecule has 0 fully saturated rings. The van der Waals surface area contributed by atoms with Crippen molar-refractivity contribution in [1.29, 1.82) is 5.26 Å². The molecule has 0 spiro atoms. The minimum atomic E-state index is -0.139. The summed E-state index contributed by atoms with van der Waals surface area (Å²) in [6, 6.07) is 8.16. The molecule has 4 heteroatoms. The Kier molecular flexibility index (Phi) is 6.05. The first-order valence-corrected chi connectivity index (χ1v) is 6.97. The number of aryl methyl sites for hydroxylation is 1. The zero-order valence-electron chi connectivity index (χ0n) is 12.7. The molecule has 0 saturated heterocycles. The fraction of sp³-hybridized carbons (Fsp3) is 0.500. The number of hydrogen-bond acceptors (Lipinski definition) is 3. The van der Waals surface area contributed by atoms with Crippen LogP contribution in [0.15, 0.2) is 18.2 Å². The number of amides is 1. The number of nitrogens with zero attached hydrogens (tertiary/aromatic N) is 2. The highest BCUT2D eigenvalue weighted by atomic mass is 16.2. The molecule has 1 amide bonds. The normalized spacial score (nSPS) is 11.6. The van der Waals surface area contributed by atoms with Gasteiger partial charge in [0, 0.05) is 18.8 Å². The fourth-order valence-corrected chi connectivity index (χ4v) is 2.00. The summed E-state index contributed by atoms with van der Waals surface area (Å²) in [5.74, 6) is -0.116. The van der Waals surface area contributed by atoms with E-state index in [0.29, 0.717) is 13.1 Å². The van der Waals surface area contributed by atoms with E-state index in [9.17, 15) is 4.79 Å². The van der Waals surface area contributed by atoms with E-state index in [1.807, 2.05) is 32.9 Å². The van der Waals surface area contributed by atoms with E-state index in [2.05, 4.69) is 24.4 Å². The molecule has 1 aromatic carbocycles. The fourth-order valence-electron chi connectivity index (χ4n) is 2.00. The van der Waals surface area contributed by atoms with Gasteiger partial charge in [-0.25, -0.2) is 0 Å². The van der Waals surface area contributed by atoms with Gasteiger partial charge < -0.3 is 10.2 Å². The maximum absolute atomic E-state index is 12.1. The number of carbonyl (C=O) groups is 1. The van der Waals surface area contributed by atoms with Crippen molar-refractivity contribution >= 4 is 11.6 Å². The molecule has 0 saturated carbocycles. The molecule has 0 heterocycles. The molecule has 0 aliphatic heterocycles. The molecule has 0 radical (unpaired) electrons. The Morgan fingerprint density at radius 3 is 2.75 bits per heavy atom. The molecule has 108 valence electrons. The number of rotatable bonds is 6. The third-order valence-corrected chi connectivity index (χ3v) is 3.48. The Balaban J connectivity index is 2.62. The lowest BCUT2D eigenvalue weighted by Gasteiger charge is -2.22. The van der Waals surface area contributed by atoms with Crippen molar-refractivity contribution in [2.45, 2.75) is 27.7 Å². The van der Waals surface area contributed by atoms with Gasteiger partial charge in [-0.15, -0.1) is 0 Å². The van der Waals surface area contributed by atoms with Gasteiger partial charge in [0.15, 0.2) is 0 Å². The van der Waals surface area contributed by atoms with Gasteiger partial charge in [-0.3, -0.25) is 4.79 Å². The Morgan fingerprint density at radius 2 is 2.15 bits per heavy atom. The van der Waals surface area contributed by atoms with Gasteiger partial charge in [-0.05, 0) is 44.9 Å². The number of nitriles is 1. The topological polar surface area (TPSA) is 56.1 Å². The Labute approximate surface area is 121 Å². The van der Waals surface area contributed by atoms with Crippen molar-refractivity contribution in [2.24, 2.45) is 5.92 Å². The highest BCUT2D eigenvalue weighted by Crippen LogP contribution is 2.17. The SMILES string of the molecule is CCN(C[C@@H](C)C#N)C(=O)CNc1cccc(C)c1C. The first-order chi connectivity index (χ1) is 9.49. The number of hydrogen-bond donors (Lipinski definition) is 1. The molecule has 0 aliphatic carbocycles. The molecule has 1 atom stereocenters. The Hall–Kier alpha value is -2.02. The second-order valence-electron chi connectivity index (χ2n) is 5.06. The van der Waals surface area contributed by atoms with Crippen LogP contribution in [0.25, 0.3) is 0 Å². The number of carbonyl (C=O) groups excluding carboxylic acids is 1. The van der Waals surface area contributed by atoms with Crippen LogP contribution in [0.1, 0.15) is 25.0 Å². The predicted octanol–water partition coefficient (Wildman–Crippen LogP) is 2.72. The molecular formula is C16H23N3O. The first kappa shape index (κ1) is 16.0. The minimum Gasteiger partial charge on any atom is -0.376 e. The molecule has 1 aromatic rings. The summed E-state index contributed by atoms with van der Waals surface area (Å²) in [5.41, 5.74) is 3.35. The molecule has 0 unspecified atom stereocenters. The predicted molar refractivity (Wildman–Crippen MR) is 81.4 cm³/mol. The van der Waals surface area contributed by atoms with E-state index < -0.39 is 0 Å². The molecule has 0 aliphatic rings. The molecule has 4 nitrogen and oxygen atoms in total. The lowest BCUT2D eigenvalue weighted by Crippen LogP contribution is -2.38. The maximum Gasteiger partial charge on any atom is 0.241 e. The number of anilines is 1. The maximum atomic E-state index is 12.1. The lowest BCUT2D eigenvalue weighted by molar-refractivity contribution is -0.129. The van der Waals surface area contributed by atoms with Crippen molar-refractivity contribution in [3.63, 3.8) is 0 Å². The molecule has 0 bridgehead atoms. The van der Waals surface area contributed by atoms with E-state index in [-0.39, 0.29) is 18.4 Å². The van der Waals surface area contributed by atoms with Gasteiger partial charge >= 0.3 is 0 Å². The third-order valence-electron chi connectivity index (χ3n) is 3.48. The van der Waals surface area contributed by atoms with Crippen LogP contribution in [0.2, 0.25) is 0 Å². The summed E-state index contributed by atoms with van der Waals surface area (Å²) in [6.45, 7) is 9.22. The van der Waals surface area contributed by atoms with Crippen LogP contribution in [0.3, 0.4) is 0 Å². The van der Waals surface area contributed by atoms with Gasteiger partial charge in [0.2, 0.25) is 5.91 Å². The van der Waals surface area contributed by atoms with E-state index >= 15 is 0 Å². The second kappa shape index (κ2) is 7.54. The van der Waals surface area contributed by atoms with E-state index in [4.69, 9.17) is 5.26 Å². The van der Waals surface area contributed by atoms with Crippen LogP contribution in [0.5, 0.6) is 0 Å². The highest BCUT2D eigenvalue weighted by Gasteiger charge is 2.14. The summed E-state index contributed by atoms with van der Waals surface area (Å²) in [6.07, 6.45) is 0. The summed E-state index contributed by atoms with van der Waals surface area (Å²) >= 11 is 0. The highest BCUT2D eigenvalue weighted by molar-refractivity contribution is 5.81. The largest absolute Gasteiger partial charge is 0.376 e. The average molecular weight is 273 g/mol. The van der Waals surface area contributed by atoms with Crippen molar-refractivity contribution in [1.82, 2.24) is 4.90 Å². The van der Waals surface area contributed by atoms with Crippen molar-refractivity contribution in [3.05, 3.63) is 29.3 Å². The second-order valence-corrected chi connectivity index (χ2v) is 5.06. The first-order valence-electron chi connectivity index (χ1n) is 6.97. The number of benzene rings is 1. The minimum absolute atomic E-state index is 0.0236. The molecular weight excluding hydrogens is 250 g/mol. The van der Waals surface area contributed by atoms with Crippen molar-refractivity contribution in [2.75, 3.05) is 25.0 Å². The van der Waals surface area contributed by atoms with Crippen LogP contribution < -0.4 is 5.32 Å². The van der Waals surface area contributed by atoms with E-state index in [1.54, 1.807) is 4.90 Å². The molecule has 1 rings (SSSR count). The monoisotopic (exact) mass is 273 g/mol. The van der Waals surface area contributed by atoms with Crippen molar-refractivity contribution < 1.29 is 4.79 Å². The van der Waals surface area contributed by atoms with E-state index in [1.165, 1.54) is 5.56 Å². The molecule has 20 heavy (non-hydrogen) atoms. The van der Waals surface area contributed by atoms with Crippen LogP contribution >= 0.6 is 0 Å².